The van der Waals surface area contributed by atoms with E-state index in [4.69, 9.17) is 5.10 Å². The number of aromatic nitrogens is 2. The van der Waals surface area contributed by atoms with E-state index in [2.05, 4.69) is 24.0 Å². The van der Waals surface area contributed by atoms with E-state index in [0.29, 0.717) is 5.41 Å². The van der Waals surface area contributed by atoms with Crippen LogP contribution in [0.5, 0.6) is 0 Å². The van der Waals surface area contributed by atoms with Crippen LogP contribution in [-0.2, 0) is 25.3 Å². The maximum Gasteiger partial charge on any atom is 0.0656 e. The fraction of sp³-hybridized carbons (Fsp3) is 0.769. The van der Waals surface area contributed by atoms with Gasteiger partial charge >= 0.3 is 0 Å². The number of halogens is 2. The Morgan fingerprint density at radius 2 is 1.89 bits per heavy atom. The molecule has 1 saturated heterocycles. The van der Waals surface area contributed by atoms with E-state index >= 15 is 0 Å². The average molecular weight is 292 g/mol. The molecule has 3 nitrogen and oxygen atoms in total. The van der Waals surface area contributed by atoms with Crippen LogP contribution in [0.4, 0.5) is 0 Å². The zero-order valence-corrected chi connectivity index (χ0v) is 12.8. The number of nitrogens with zero attached hydrogens (tertiary/aromatic N) is 2. The molecule has 0 unspecified atom stereocenters. The lowest BCUT2D eigenvalue weighted by Gasteiger charge is -2.34. The van der Waals surface area contributed by atoms with Gasteiger partial charge in [0.25, 0.3) is 0 Å². The van der Waals surface area contributed by atoms with Crippen LogP contribution in [0.15, 0.2) is 0 Å². The highest BCUT2D eigenvalue weighted by molar-refractivity contribution is 5.85. The van der Waals surface area contributed by atoms with Crippen molar-refractivity contribution in [2.24, 2.45) is 7.05 Å². The highest BCUT2D eigenvalue weighted by Gasteiger charge is 2.43. The molecule has 0 aromatic carbocycles. The third-order valence-electron chi connectivity index (χ3n) is 4.48. The first-order chi connectivity index (χ1) is 7.77. The van der Waals surface area contributed by atoms with E-state index in [0.717, 1.165) is 6.42 Å². The lowest BCUT2D eigenvalue weighted by atomic mass is 9.76. The number of piperidine rings is 1. The molecule has 0 atom stereocenters. The average Bonchev–Trinajstić information content (AvgIpc) is 2.82. The summed E-state index contributed by atoms with van der Waals surface area (Å²) < 4.78 is 2.17. The zero-order valence-electron chi connectivity index (χ0n) is 11.2. The molecule has 3 rings (SSSR count). The molecule has 18 heavy (non-hydrogen) atoms. The van der Waals surface area contributed by atoms with Crippen molar-refractivity contribution < 1.29 is 0 Å². The molecule has 0 radical (unpaired) electrons. The number of fused-ring (bicyclic) bond motifs is 2. The Morgan fingerprint density at radius 3 is 2.50 bits per heavy atom. The normalized spacial score (nSPS) is 20.1. The predicted molar refractivity (Wildman–Crippen MR) is 79.2 cm³/mol. The fourth-order valence-corrected chi connectivity index (χ4v) is 3.71. The third-order valence-corrected chi connectivity index (χ3v) is 4.48. The number of nitrogens with one attached hydrogen (secondary N) is 1. The van der Waals surface area contributed by atoms with Crippen LogP contribution < -0.4 is 5.32 Å². The Balaban J connectivity index is 0.000000810. The van der Waals surface area contributed by atoms with Gasteiger partial charge in [0.2, 0.25) is 0 Å². The van der Waals surface area contributed by atoms with Gasteiger partial charge in [-0.1, -0.05) is 6.92 Å². The molecular weight excluding hydrogens is 269 g/mol. The second-order valence-electron chi connectivity index (χ2n) is 5.28. The number of rotatable bonds is 1. The van der Waals surface area contributed by atoms with E-state index in [-0.39, 0.29) is 24.8 Å². The second kappa shape index (κ2) is 5.81. The molecule has 2 aliphatic rings. The first-order valence-corrected chi connectivity index (χ1v) is 6.53. The molecule has 1 fully saturated rings. The highest BCUT2D eigenvalue weighted by Crippen LogP contribution is 2.45. The summed E-state index contributed by atoms with van der Waals surface area (Å²) in [5, 5.41) is 8.17. The molecule has 1 N–H and O–H groups in total. The molecule has 1 aliphatic carbocycles. The molecule has 104 valence electrons. The van der Waals surface area contributed by atoms with Crippen LogP contribution in [0.25, 0.3) is 0 Å². The fourth-order valence-electron chi connectivity index (χ4n) is 3.71. The van der Waals surface area contributed by atoms with Crippen molar-refractivity contribution >= 4 is 24.8 Å². The summed E-state index contributed by atoms with van der Waals surface area (Å²) in [7, 11) is 2.13. The van der Waals surface area contributed by atoms with Gasteiger partial charge in [0.15, 0.2) is 0 Å². The van der Waals surface area contributed by atoms with E-state index in [1.54, 1.807) is 11.3 Å². The van der Waals surface area contributed by atoms with Gasteiger partial charge in [0, 0.05) is 18.2 Å². The molecule has 0 bridgehead atoms. The summed E-state index contributed by atoms with van der Waals surface area (Å²) >= 11 is 0. The van der Waals surface area contributed by atoms with E-state index in [1.807, 2.05) is 0 Å². The van der Waals surface area contributed by atoms with Crippen LogP contribution >= 0.6 is 24.8 Å². The monoisotopic (exact) mass is 291 g/mol. The summed E-state index contributed by atoms with van der Waals surface area (Å²) in [6.07, 6.45) is 6.28. The van der Waals surface area contributed by atoms with Gasteiger partial charge in [-0.15, -0.1) is 24.8 Å². The second-order valence-corrected chi connectivity index (χ2v) is 5.28. The Bertz CT molecular complexity index is 409. The molecular formula is C13H23Cl2N3. The van der Waals surface area contributed by atoms with Crippen LogP contribution in [0, 0.1) is 0 Å². The van der Waals surface area contributed by atoms with Gasteiger partial charge in [-0.25, -0.2) is 0 Å². The molecule has 1 aromatic heterocycles. The van der Waals surface area contributed by atoms with Crippen molar-refractivity contribution in [3.8, 4) is 0 Å². The Morgan fingerprint density at radius 1 is 1.22 bits per heavy atom. The number of aryl methyl sites for hydroxylation is 2. The van der Waals surface area contributed by atoms with Crippen molar-refractivity contribution in [2.45, 2.75) is 44.4 Å². The Hall–Kier alpha value is -0.250. The summed E-state index contributed by atoms with van der Waals surface area (Å²) in [6, 6.07) is 0. The molecule has 1 aliphatic heterocycles. The van der Waals surface area contributed by atoms with Crippen LogP contribution in [-0.4, -0.2) is 22.9 Å². The third kappa shape index (κ3) is 2.17. The van der Waals surface area contributed by atoms with Crippen LogP contribution in [0.2, 0.25) is 0 Å². The zero-order chi connectivity index (χ0) is 11.2. The summed E-state index contributed by atoms with van der Waals surface area (Å²) in [6.45, 7) is 4.56. The lowest BCUT2D eigenvalue weighted by Crippen LogP contribution is -2.39. The van der Waals surface area contributed by atoms with Crippen LogP contribution in [0.1, 0.15) is 43.1 Å². The standard InChI is InChI=1S/C13H21N3.2ClH/c1-3-11-10-4-5-13(6-8-14-9-7-13)12(10)16(2)15-11;;/h14H,3-9H2,1-2H3;2*1H. The minimum atomic E-state index is 0. The minimum Gasteiger partial charge on any atom is -0.317 e. The highest BCUT2D eigenvalue weighted by atomic mass is 35.5. The summed E-state index contributed by atoms with van der Waals surface area (Å²) in [4.78, 5) is 0. The quantitative estimate of drug-likeness (QED) is 0.861. The summed E-state index contributed by atoms with van der Waals surface area (Å²) in [5.41, 5.74) is 4.93. The van der Waals surface area contributed by atoms with E-state index in [9.17, 15) is 0 Å². The maximum absolute atomic E-state index is 4.70. The van der Waals surface area contributed by atoms with Gasteiger partial charge in [-0.3, -0.25) is 4.68 Å². The smallest absolute Gasteiger partial charge is 0.0656 e. The minimum absolute atomic E-state index is 0. The topological polar surface area (TPSA) is 29.9 Å². The van der Waals surface area contributed by atoms with Crippen molar-refractivity contribution in [3.63, 3.8) is 0 Å². The first kappa shape index (κ1) is 15.8. The number of hydrogen-bond acceptors (Lipinski definition) is 2. The van der Waals surface area contributed by atoms with Crippen molar-refractivity contribution in [2.75, 3.05) is 13.1 Å². The Kier molecular flexibility index (Phi) is 5.10. The molecule has 5 heteroatoms. The van der Waals surface area contributed by atoms with Gasteiger partial charge in [-0.05, 0) is 50.8 Å². The van der Waals surface area contributed by atoms with E-state index in [1.165, 1.54) is 44.5 Å². The predicted octanol–water partition coefficient (Wildman–Crippen LogP) is 2.39. The maximum atomic E-state index is 4.70. The van der Waals surface area contributed by atoms with Gasteiger partial charge < -0.3 is 5.32 Å². The lowest BCUT2D eigenvalue weighted by molar-refractivity contribution is 0.290. The van der Waals surface area contributed by atoms with Crippen molar-refractivity contribution in [1.29, 1.82) is 0 Å². The Labute approximate surface area is 122 Å². The molecule has 2 heterocycles. The number of hydrogen-bond donors (Lipinski definition) is 1. The van der Waals surface area contributed by atoms with Crippen LogP contribution in [0.3, 0.4) is 0 Å². The molecule has 0 saturated carbocycles. The largest absolute Gasteiger partial charge is 0.317 e. The molecule has 1 aromatic rings. The van der Waals surface area contributed by atoms with Crippen molar-refractivity contribution in [3.05, 3.63) is 17.0 Å². The van der Waals surface area contributed by atoms with Gasteiger partial charge in [0.05, 0.1) is 5.69 Å². The molecule has 1 spiro atoms. The van der Waals surface area contributed by atoms with Gasteiger partial charge in [-0.2, -0.15) is 5.10 Å². The molecule has 0 amide bonds. The van der Waals surface area contributed by atoms with Crippen molar-refractivity contribution in [1.82, 2.24) is 15.1 Å². The SMILES string of the molecule is CCc1nn(C)c2c1CCC21CCNCC1.Cl.Cl. The first-order valence-electron chi connectivity index (χ1n) is 6.53. The van der Waals surface area contributed by atoms with Gasteiger partial charge in [0.1, 0.15) is 0 Å². The van der Waals surface area contributed by atoms with E-state index < -0.39 is 0 Å². The summed E-state index contributed by atoms with van der Waals surface area (Å²) in [5.74, 6) is 0.